The molecule has 2 aromatic rings. The molecule has 0 spiro atoms. The Bertz CT molecular complexity index is 1140. The molecule has 3 aliphatic heterocycles. The summed E-state index contributed by atoms with van der Waals surface area (Å²) in [6, 6.07) is 6.31. The van der Waals surface area contributed by atoms with Gasteiger partial charge in [-0.05, 0) is 49.8 Å². The van der Waals surface area contributed by atoms with Gasteiger partial charge in [-0.25, -0.2) is 0 Å². The van der Waals surface area contributed by atoms with E-state index in [-0.39, 0.29) is 41.9 Å². The highest BCUT2D eigenvalue weighted by atomic mass is 16.5. The van der Waals surface area contributed by atoms with Crippen molar-refractivity contribution in [3.63, 3.8) is 0 Å². The van der Waals surface area contributed by atoms with Crippen molar-refractivity contribution in [1.82, 2.24) is 25.7 Å². The summed E-state index contributed by atoms with van der Waals surface area (Å²) in [6.07, 6.45) is 9.14. The minimum atomic E-state index is -0.232. The number of piperidine rings is 2. The summed E-state index contributed by atoms with van der Waals surface area (Å²) >= 11 is 0. The van der Waals surface area contributed by atoms with Crippen LogP contribution in [0.1, 0.15) is 44.6 Å². The molecule has 4 N–H and O–H groups in total. The van der Waals surface area contributed by atoms with E-state index in [0.717, 1.165) is 62.1 Å². The van der Waals surface area contributed by atoms with Crippen LogP contribution in [0.4, 0.5) is 5.69 Å². The predicted octanol–water partition coefficient (Wildman–Crippen LogP) is 2.04. The molecule has 3 saturated heterocycles. The van der Waals surface area contributed by atoms with Gasteiger partial charge in [0, 0.05) is 55.9 Å². The number of nitrogens with zero attached hydrogens (tertiary/aromatic N) is 2. The SMILES string of the molecule is COc1cc(-c2cnn(C3CCOCC3)c2)ccc1NC1CC(NC(=O)C2CC2)NC2CCNC(=O)C12. The summed E-state index contributed by atoms with van der Waals surface area (Å²) in [4.78, 5) is 25.3. The molecule has 4 atom stereocenters. The van der Waals surface area contributed by atoms with Crippen LogP contribution in [0, 0.1) is 11.8 Å². The lowest BCUT2D eigenvalue weighted by Crippen LogP contribution is -2.66. The number of benzene rings is 1. The number of fused-ring (bicyclic) bond motifs is 1. The summed E-state index contributed by atoms with van der Waals surface area (Å²) in [6.45, 7) is 2.19. The number of methoxy groups -OCH3 is 1. The Morgan fingerprint density at radius 3 is 2.78 bits per heavy atom. The van der Waals surface area contributed by atoms with E-state index in [1.807, 2.05) is 23.0 Å². The molecule has 4 aliphatic rings. The number of rotatable bonds is 7. The summed E-state index contributed by atoms with van der Waals surface area (Å²) in [5.41, 5.74) is 2.89. The fourth-order valence-electron chi connectivity index (χ4n) is 5.92. The smallest absolute Gasteiger partial charge is 0.226 e. The summed E-state index contributed by atoms with van der Waals surface area (Å²) in [5, 5.41) is 17.9. The molecule has 10 heteroatoms. The van der Waals surface area contributed by atoms with E-state index in [4.69, 9.17) is 9.47 Å². The Balaban J connectivity index is 1.20. The molecule has 1 aromatic carbocycles. The number of hydrogen-bond acceptors (Lipinski definition) is 7. The molecule has 1 aromatic heterocycles. The minimum absolute atomic E-state index is 0.00537. The van der Waals surface area contributed by atoms with Gasteiger partial charge in [-0.3, -0.25) is 19.6 Å². The largest absolute Gasteiger partial charge is 0.495 e. The van der Waals surface area contributed by atoms with E-state index < -0.39 is 0 Å². The zero-order chi connectivity index (χ0) is 25.4. The van der Waals surface area contributed by atoms with E-state index in [0.29, 0.717) is 24.8 Å². The molecule has 1 aliphatic carbocycles. The van der Waals surface area contributed by atoms with Crippen LogP contribution in [0.25, 0.3) is 11.1 Å². The van der Waals surface area contributed by atoms with Crippen LogP contribution in [0.5, 0.6) is 5.75 Å². The number of carbonyl (C=O) groups excluding carboxylic acids is 2. The third-order valence-corrected chi connectivity index (χ3v) is 8.14. The van der Waals surface area contributed by atoms with Crippen LogP contribution in [0.3, 0.4) is 0 Å². The molecular weight excluding hydrogens is 472 g/mol. The molecule has 1 saturated carbocycles. The maximum atomic E-state index is 12.9. The monoisotopic (exact) mass is 508 g/mol. The van der Waals surface area contributed by atoms with Gasteiger partial charge in [0.15, 0.2) is 0 Å². The van der Waals surface area contributed by atoms with Gasteiger partial charge in [0.2, 0.25) is 11.8 Å². The summed E-state index contributed by atoms with van der Waals surface area (Å²) < 4.78 is 13.3. The standard InChI is InChI=1S/C27H36N6O4/c1-36-23-12-17(18-14-29-33(15-18)19-7-10-37-11-8-19)4-5-20(23)30-22-13-24(32-26(34)16-2-3-16)31-21-6-9-28-27(35)25(21)22/h4-5,12,14-16,19,21-22,24-25,30-31H,2-3,6-11,13H2,1H3,(H,28,35)(H,32,34). The van der Waals surface area contributed by atoms with Crippen LogP contribution in [-0.2, 0) is 14.3 Å². The zero-order valence-electron chi connectivity index (χ0n) is 21.2. The van der Waals surface area contributed by atoms with Gasteiger partial charge in [-0.1, -0.05) is 6.07 Å². The molecule has 0 radical (unpaired) electrons. The first-order chi connectivity index (χ1) is 18.1. The molecule has 4 unspecified atom stereocenters. The fraction of sp³-hybridized carbons (Fsp3) is 0.593. The van der Waals surface area contributed by atoms with Gasteiger partial charge in [0.05, 0.1) is 37.1 Å². The van der Waals surface area contributed by atoms with Crippen molar-refractivity contribution >= 4 is 17.5 Å². The number of nitrogens with one attached hydrogen (secondary N) is 4. The fourth-order valence-corrected chi connectivity index (χ4v) is 5.92. The molecule has 4 heterocycles. The third kappa shape index (κ3) is 5.17. The first-order valence-electron chi connectivity index (χ1n) is 13.5. The normalized spacial score (nSPS) is 28.2. The molecule has 198 valence electrons. The van der Waals surface area contributed by atoms with Crippen molar-refractivity contribution < 1.29 is 19.1 Å². The summed E-state index contributed by atoms with van der Waals surface area (Å²) in [5.74, 6) is 0.776. The highest BCUT2D eigenvalue weighted by molar-refractivity contribution is 5.83. The Hall–Kier alpha value is -3.11. The van der Waals surface area contributed by atoms with Gasteiger partial charge in [-0.2, -0.15) is 5.10 Å². The number of anilines is 1. The van der Waals surface area contributed by atoms with Crippen LogP contribution in [0.15, 0.2) is 30.6 Å². The predicted molar refractivity (Wildman–Crippen MR) is 138 cm³/mol. The molecular formula is C27H36N6O4. The highest BCUT2D eigenvalue weighted by Crippen LogP contribution is 2.35. The number of aromatic nitrogens is 2. The van der Waals surface area contributed by atoms with Gasteiger partial charge >= 0.3 is 0 Å². The number of hydrogen-bond donors (Lipinski definition) is 4. The second-order valence-electron chi connectivity index (χ2n) is 10.7. The molecule has 6 rings (SSSR count). The lowest BCUT2D eigenvalue weighted by atomic mass is 9.80. The maximum absolute atomic E-state index is 12.9. The molecule has 2 amide bonds. The van der Waals surface area contributed by atoms with Gasteiger partial charge in [0.25, 0.3) is 0 Å². The van der Waals surface area contributed by atoms with Crippen molar-refractivity contribution in [3.05, 3.63) is 30.6 Å². The van der Waals surface area contributed by atoms with Crippen molar-refractivity contribution in [2.75, 3.05) is 32.2 Å². The van der Waals surface area contributed by atoms with E-state index in [1.54, 1.807) is 7.11 Å². The lowest BCUT2D eigenvalue weighted by Gasteiger charge is -2.45. The van der Waals surface area contributed by atoms with Crippen molar-refractivity contribution in [2.45, 2.75) is 62.8 Å². The Labute approximate surface area is 216 Å². The zero-order valence-corrected chi connectivity index (χ0v) is 21.2. The second-order valence-corrected chi connectivity index (χ2v) is 10.7. The number of carbonyl (C=O) groups is 2. The molecule has 10 nitrogen and oxygen atoms in total. The van der Waals surface area contributed by atoms with Crippen LogP contribution >= 0.6 is 0 Å². The van der Waals surface area contributed by atoms with Crippen LogP contribution < -0.4 is 26.0 Å². The third-order valence-electron chi connectivity index (χ3n) is 8.14. The molecule has 0 bridgehead atoms. The topological polar surface area (TPSA) is 119 Å². The van der Waals surface area contributed by atoms with E-state index in [1.165, 1.54) is 0 Å². The molecule has 4 fully saturated rings. The highest BCUT2D eigenvalue weighted by Gasteiger charge is 2.44. The Kier molecular flexibility index (Phi) is 6.77. The van der Waals surface area contributed by atoms with Crippen molar-refractivity contribution in [1.29, 1.82) is 0 Å². The first kappa shape index (κ1) is 24.2. The summed E-state index contributed by atoms with van der Waals surface area (Å²) in [7, 11) is 1.66. The van der Waals surface area contributed by atoms with E-state index in [9.17, 15) is 9.59 Å². The Morgan fingerprint density at radius 2 is 2.00 bits per heavy atom. The number of amides is 2. The van der Waals surface area contributed by atoms with E-state index >= 15 is 0 Å². The quantitative estimate of drug-likeness (QED) is 0.452. The minimum Gasteiger partial charge on any atom is -0.495 e. The van der Waals surface area contributed by atoms with Crippen molar-refractivity contribution in [2.24, 2.45) is 11.8 Å². The van der Waals surface area contributed by atoms with Gasteiger partial charge in [-0.15, -0.1) is 0 Å². The maximum Gasteiger partial charge on any atom is 0.226 e. The van der Waals surface area contributed by atoms with Gasteiger partial charge < -0.3 is 25.4 Å². The van der Waals surface area contributed by atoms with Crippen molar-refractivity contribution in [3.8, 4) is 16.9 Å². The molecule has 37 heavy (non-hydrogen) atoms. The average Bonchev–Trinajstić information content (AvgIpc) is 3.66. The first-order valence-corrected chi connectivity index (χ1v) is 13.5. The van der Waals surface area contributed by atoms with Crippen LogP contribution in [-0.4, -0.2) is 66.7 Å². The average molecular weight is 509 g/mol. The lowest BCUT2D eigenvalue weighted by molar-refractivity contribution is -0.129. The number of ether oxygens (including phenoxy) is 2. The van der Waals surface area contributed by atoms with Crippen LogP contribution in [0.2, 0.25) is 0 Å². The van der Waals surface area contributed by atoms with E-state index in [2.05, 4.69) is 38.6 Å². The van der Waals surface area contributed by atoms with Gasteiger partial charge in [0.1, 0.15) is 5.75 Å². The second kappa shape index (κ2) is 10.3. The Morgan fingerprint density at radius 1 is 1.16 bits per heavy atom.